The second-order valence-electron chi connectivity index (χ2n) is 4.81. The maximum Gasteiger partial charge on any atom is 0.339 e. The minimum absolute atomic E-state index is 0.199. The van der Waals surface area contributed by atoms with Gasteiger partial charge < -0.3 is 4.18 Å². The normalized spacial score (nSPS) is 12.2. The number of halogens is 2. The van der Waals surface area contributed by atoms with Crippen LogP contribution in [-0.4, -0.2) is 23.1 Å². The van der Waals surface area contributed by atoms with Crippen LogP contribution in [0.15, 0.2) is 46.2 Å². The van der Waals surface area contributed by atoms with Crippen molar-refractivity contribution in [3.63, 3.8) is 0 Å². The van der Waals surface area contributed by atoms with Crippen molar-refractivity contribution in [3.05, 3.63) is 53.6 Å². The first-order valence-electron chi connectivity index (χ1n) is 6.21. The van der Waals surface area contributed by atoms with E-state index in [9.17, 15) is 25.6 Å². The zero-order valence-corrected chi connectivity index (χ0v) is 13.7. The van der Waals surface area contributed by atoms with Gasteiger partial charge in [-0.1, -0.05) is 6.07 Å². The molecule has 0 saturated heterocycles. The quantitative estimate of drug-likeness (QED) is 0.781. The highest BCUT2D eigenvalue weighted by molar-refractivity contribution is 7.90. The predicted octanol–water partition coefficient (Wildman–Crippen LogP) is 2.44. The average molecular weight is 362 g/mol. The Morgan fingerprint density at radius 1 is 0.913 bits per heavy atom. The molecule has 5 nitrogen and oxygen atoms in total. The lowest BCUT2D eigenvalue weighted by Crippen LogP contribution is -2.12. The molecule has 2 aromatic rings. The molecule has 0 radical (unpaired) electrons. The van der Waals surface area contributed by atoms with Crippen LogP contribution < -0.4 is 4.18 Å². The van der Waals surface area contributed by atoms with Crippen molar-refractivity contribution in [2.24, 2.45) is 0 Å². The van der Waals surface area contributed by atoms with Gasteiger partial charge in [0.2, 0.25) is 0 Å². The summed E-state index contributed by atoms with van der Waals surface area (Å²) < 4.78 is 78.3. The Balaban J connectivity index is 2.49. The van der Waals surface area contributed by atoms with Crippen LogP contribution in [0.4, 0.5) is 8.78 Å². The van der Waals surface area contributed by atoms with Crippen molar-refractivity contribution in [3.8, 4) is 5.75 Å². The number of hydrogen-bond acceptors (Lipinski definition) is 5. The number of rotatable bonds is 4. The van der Waals surface area contributed by atoms with Crippen LogP contribution in [0.1, 0.15) is 5.56 Å². The topological polar surface area (TPSA) is 77.5 Å². The van der Waals surface area contributed by atoms with Gasteiger partial charge >= 0.3 is 10.1 Å². The minimum atomic E-state index is -4.41. The SMILES string of the molecule is Cc1ccc(S(C)(=O)=O)cc1S(=O)(=O)Oc1ccc(F)c(F)c1. The summed E-state index contributed by atoms with van der Waals surface area (Å²) in [6.45, 7) is 1.45. The maximum absolute atomic E-state index is 13.1. The molecule has 0 heterocycles. The molecule has 2 rings (SSSR count). The molecule has 0 saturated carbocycles. The molecule has 0 aliphatic rings. The fourth-order valence-corrected chi connectivity index (χ4v) is 3.68. The Morgan fingerprint density at radius 2 is 1.57 bits per heavy atom. The Bertz CT molecular complexity index is 967. The molecule has 23 heavy (non-hydrogen) atoms. The zero-order chi connectivity index (χ0) is 17.4. The third-order valence-electron chi connectivity index (χ3n) is 2.95. The summed E-state index contributed by atoms with van der Waals surface area (Å²) in [5, 5.41) is 0. The molecule has 0 atom stereocenters. The molecular formula is C14H12F2O5S2. The van der Waals surface area contributed by atoms with Crippen LogP contribution in [0, 0.1) is 18.6 Å². The predicted molar refractivity (Wildman–Crippen MR) is 78.5 cm³/mol. The molecule has 0 fully saturated rings. The van der Waals surface area contributed by atoms with Gasteiger partial charge in [0.25, 0.3) is 0 Å². The lowest BCUT2D eigenvalue weighted by atomic mass is 10.2. The van der Waals surface area contributed by atoms with Gasteiger partial charge in [-0.2, -0.15) is 8.42 Å². The Morgan fingerprint density at radius 3 is 2.13 bits per heavy atom. The van der Waals surface area contributed by atoms with E-state index >= 15 is 0 Å². The van der Waals surface area contributed by atoms with E-state index in [4.69, 9.17) is 4.18 Å². The monoisotopic (exact) mass is 362 g/mol. The van der Waals surface area contributed by atoms with E-state index in [0.717, 1.165) is 24.5 Å². The van der Waals surface area contributed by atoms with Gasteiger partial charge in [0.05, 0.1) is 4.90 Å². The first kappa shape index (κ1) is 17.4. The average Bonchev–Trinajstić information content (AvgIpc) is 2.41. The summed E-state index contributed by atoms with van der Waals surface area (Å²) in [5.74, 6) is -2.84. The van der Waals surface area contributed by atoms with Crippen molar-refractivity contribution in [1.82, 2.24) is 0 Å². The highest BCUT2D eigenvalue weighted by Gasteiger charge is 2.22. The molecule has 0 bridgehead atoms. The van der Waals surface area contributed by atoms with Crippen molar-refractivity contribution >= 4 is 20.0 Å². The fraction of sp³-hybridized carbons (Fsp3) is 0.143. The van der Waals surface area contributed by atoms with Crippen molar-refractivity contribution in [2.75, 3.05) is 6.26 Å². The third kappa shape index (κ3) is 3.85. The van der Waals surface area contributed by atoms with E-state index in [1.807, 2.05) is 0 Å². The molecule has 0 amide bonds. The molecule has 0 aliphatic carbocycles. The fourth-order valence-electron chi connectivity index (χ4n) is 1.78. The largest absolute Gasteiger partial charge is 0.379 e. The van der Waals surface area contributed by atoms with E-state index in [1.54, 1.807) is 0 Å². The second kappa shape index (κ2) is 5.89. The first-order chi connectivity index (χ1) is 10.5. The number of sulfone groups is 1. The van der Waals surface area contributed by atoms with Crippen LogP contribution in [0.2, 0.25) is 0 Å². The Hall–Kier alpha value is -2.00. The summed E-state index contributed by atoms with van der Waals surface area (Å²) in [7, 11) is -8.03. The summed E-state index contributed by atoms with van der Waals surface area (Å²) in [6, 6.07) is 5.80. The van der Waals surface area contributed by atoms with Crippen LogP contribution in [-0.2, 0) is 20.0 Å². The van der Waals surface area contributed by atoms with Crippen molar-refractivity contribution in [2.45, 2.75) is 16.7 Å². The first-order valence-corrected chi connectivity index (χ1v) is 9.51. The summed E-state index contributed by atoms with van der Waals surface area (Å²) in [6.07, 6.45) is 0.935. The maximum atomic E-state index is 13.1. The molecule has 0 N–H and O–H groups in total. The van der Waals surface area contributed by atoms with Gasteiger partial charge in [-0.15, -0.1) is 0 Å². The molecule has 9 heteroatoms. The van der Waals surface area contributed by atoms with Crippen LogP contribution >= 0.6 is 0 Å². The number of benzene rings is 2. The van der Waals surface area contributed by atoms with Crippen molar-refractivity contribution in [1.29, 1.82) is 0 Å². The summed E-state index contributed by atoms with van der Waals surface area (Å²) in [4.78, 5) is -0.569. The highest BCUT2D eigenvalue weighted by atomic mass is 32.2. The highest BCUT2D eigenvalue weighted by Crippen LogP contribution is 2.25. The number of aryl methyl sites for hydroxylation is 1. The van der Waals surface area contributed by atoms with E-state index < -0.39 is 37.3 Å². The molecular weight excluding hydrogens is 350 g/mol. The van der Waals surface area contributed by atoms with Crippen molar-refractivity contribution < 1.29 is 29.8 Å². The lowest BCUT2D eigenvalue weighted by molar-refractivity contribution is 0.471. The van der Waals surface area contributed by atoms with E-state index in [0.29, 0.717) is 6.07 Å². The molecule has 124 valence electrons. The molecule has 0 aromatic heterocycles. The van der Waals surface area contributed by atoms with E-state index in [1.165, 1.54) is 19.1 Å². The van der Waals surface area contributed by atoms with Crippen LogP contribution in [0.25, 0.3) is 0 Å². The van der Waals surface area contributed by atoms with Gasteiger partial charge in [0.15, 0.2) is 21.5 Å². The van der Waals surface area contributed by atoms with Crippen LogP contribution in [0.3, 0.4) is 0 Å². The zero-order valence-electron chi connectivity index (χ0n) is 12.1. The van der Waals surface area contributed by atoms with E-state index in [2.05, 4.69) is 0 Å². The van der Waals surface area contributed by atoms with Gasteiger partial charge in [0.1, 0.15) is 10.6 Å². The van der Waals surface area contributed by atoms with Gasteiger partial charge in [-0.05, 0) is 36.8 Å². The summed E-state index contributed by atoms with van der Waals surface area (Å²) in [5.41, 5.74) is 0.250. The lowest BCUT2D eigenvalue weighted by Gasteiger charge is -2.10. The molecule has 2 aromatic carbocycles. The smallest absolute Gasteiger partial charge is 0.339 e. The van der Waals surface area contributed by atoms with Crippen LogP contribution in [0.5, 0.6) is 5.75 Å². The standard InChI is InChI=1S/C14H12F2O5S2/c1-9-3-5-11(22(2,17)18)8-14(9)23(19,20)21-10-4-6-12(15)13(16)7-10/h3-8H,1-2H3. The third-order valence-corrected chi connectivity index (χ3v) is 5.45. The van der Waals surface area contributed by atoms with Gasteiger partial charge in [-0.3, -0.25) is 0 Å². The Labute approximate surface area is 132 Å². The van der Waals surface area contributed by atoms with Gasteiger partial charge in [-0.25, -0.2) is 17.2 Å². The Kier molecular flexibility index (Phi) is 4.45. The minimum Gasteiger partial charge on any atom is -0.379 e. The van der Waals surface area contributed by atoms with Gasteiger partial charge in [0, 0.05) is 12.3 Å². The molecule has 0 aliphatic heterocycles. The summed E-state index contributed by atoms with van der Waals surface area (Å²) >= 11 is 0. The molecule has 0 spiro atoms. The van der Waals surface area contributed by atoms with E-state index in [-0.39, 0.29) is 15.4 Å². The molecule has 0 unspecified atom stereocenters. The second-order valence-corrected chi connectivity index (χ2v) is 8.34. The number of hydrogen-bond donors (Lipinski definition) is 0.